The lowest BCUT2D eigenvalue weighted by atomic mass is 9.99. The van der Waals surface area contributed by atoms with Gasteiger partial charge in [0.05, 0.1) is 67.6 Å². The Hall–Kier alpha value is -14.9. The first-order valence-electron chi connectivity index (χ1n) is 36.2. The molecule has 0 unspecified atom stereocenters. The van der Waals surface area contributed by atoms with E-state index >= 15 is 0 Å². The van der Waals surface area contributed by atoms with Crippen molar-refractivity contribution in [3.63, 3.8) is 0 Å². The summed E-state index contributed by atoms with van der Waals surface area (Å²) in [6.07, 6.45) is 13.0. The molecule has 0 amide bonds. The minimum Gasteiger partial charge on any atom is -0.354 e. The summed E-state index contributed by atoms with van der Waals surface area (Å²) in [7, 11) is 0. The molecule has 4 aliphatic rings. The van der Waals surface area contributed by atoms with Crippen molar-refractivity contribution in [3.8, 4) is 89.0 Å². The normalized spacial score (nSPS) is 12.5. The van der Waals surface area contributed by atoms with E-state index in [2.05, 4.69) is 370 Å². The Morgan fingerprint density at radius 3 is 0.648 bits per heavy atom. The molecule has 0 saturated carbocycles. The van der Waals surface area contributed by atoms with Crippen LogP contribution in [0, 0.1) is 0 Å². The molecule has 506 valence electrons. The van der Waals surface area contributed by atoms with Gasteiger partial charge in [0.2, 0.25) is 0 Å². The van der Waals surface area contributed by atoms with Crippen LogP contribution in [0.3, 0.4) is 0 Å². The number of aromatic nitrogens is 12. The SMILES string of the molecule is C1=Cc2nc1c(-c1ccccc1)c1ccc([nH]1)c(-c1ccccc1)c1nc(c(-c3ccccc3)c3ccc([nH]3)c2-c2ccccc2)C(c2nc3cc4nc(C5=Cc6nc5c(-c5ccccc5)c5ccc([nH]5)c(-c5ccccc5)c5nc(c(-c7ccccc7)c7ccc([nH]7)c6-c6ccccc6)C=C5)[nH]c4cc3[nH]2)=C1. The molecule has 0 aliphatic carbocycles. The quantitative estimate of drug-likeness (QED) is 0.0795. The Balaban J connectivity index is 0.794. The minimum absolute atomic E-state index is 0.649. The molecule has 9 aromatic carbocycles. The van der Waals surface area contributed by atoms with Crippen LogP contribution in [0.2, 0.25) is 0 Å². The third-order valence-electron chi connectivity index (χ3n) is 20.8. The number of hydrogen-bond donors (Lipinski definition) is 6. The molecule has 0 saturated heterocycles. The van der Waals surface area contributed by atoms with Crippen LogP contribution in [0.25, 0.3) is 203 Å². The third kappa shape index (κ3) is 10.7. The highest BCUT2D eigenvalue weighted by atomic mass is 15.0. The van der Waals surface area contributed by atoms with Gasteiger partial charge in [-0.3, -0.25) is 0 Å². The fourth-order valence-electron chi connectivity index (χ4n) is 16.0. The smallest absolute Gasteiger partial charge is 0.140 e. The van der Waals surface area contributed by atoms with Crippen LogP contribution in [0.4, 0.5) is 0 Å². The summed E-state index contributed by atoms with van der Waals surface area (Å²) in [6.45, 7) is 0. The lowest BCUT2D eigenvalue weighted by Crippen LogP contribution is -1.94. The highest BCUT2D eigenvalue weighted by Crippen LogP contribution is 2.46. The highest BCUT2D eigenvalue weighted by Gasteiger charge is 2.29. The van der Waals surface area contributed by atoms with Gasteiger partial charge in [-0.15, -0.1) is 0 Å². The second-order valence-electron chi connectivity index (χ2n) is 27.4. The van der Waals surface area contributed by atoms with Crippen molar-refractivity contribution in [2.45, 2.75) is 0 Å². The summed E-state index contributed by atoms with van der Waals surface area (Å²) in [4.78, 5) is 57.5. The van der Waals surface area contributed by atoms with Gasteiger partial charge in [-0.1, -0.05) is 243 Å². The summed E-state index contributed by atoms with van der Waals surface area (Å²) >= 11 is 0. The average Bonchev–Trinajstić information content (AvgIpc) is 1.60. The van der Waals surface area contributed by atoms with E-state index in [9.17, 15) is 0 Å². The first-order valence-corrected chi connectivity index (χ1v) is 36.2. The molecule has 4 aliphatic heterocycles. The second-order valence-corrected chi connectivity index (χ2v) is 27.4. The average molecular weight is 1380 g/mol. The molecule has 12 nitrogen and oxygen atoms in total. The van der Waals surface area contributed by atoms with E-state index in [1.54, 1.807) is 0 Å². The van der Waals surface area contributed by atoms with Gasteiger partial charge in [0.25, 0.3) is 0 Å². The number of rotatable bonds is 10. The predicted octanol–water partition coefficient (Wildman–Crippen LogP) is 23.6. The van der Waals surface area contributed by atoms with E-state index in [4.69, 9.17) is 29.9 Å². The first kappa shape index (κ1) is 61.8. The molecule has 0 fully saturated rings. The van der Waals surface area contributed by atoms with Crippen molar-refractivity contribution in [2.24, 2.45) is 0 Å². The number of hydrogen-bond acceptors (Lipinski definition) is 6. The first-order chi connectivity index (χ1) is 53.5. The molecule has 16 bridgehead atoms. The molecule has 0 spiro atoms. The van der Waals surface area contributed by atoms with Crippen LogP contribution in [-0.2, 0) is 0 Å². The molecule has 0 radical (unpaired) electrons. The van der Waals surface area contributed by atoms with E-state index in [-0.39, 0.29) is 0 Å². The number of aromatic amines is 6. The van der Waals surface area contributed by atoms with Gasteiger partial charge in [0.1, 0.15) is 11.6 Å². The van der Waals surface area contributed by atoms with Gasteiger partial charge in [-0.05, 0) is 142 Å². The number of imidazole rings is 2. The Labute approximate surface area is 619 Å². The molecule has 6 N–H and O–H groups in total. The van der Waals surface area contributed by atoms with Gasteiger partial charge >= 0.3 is 0 Å². The number of nitrogens with zero attached hydrogens (tertiary/aromatic N) is 6. The van der Waals surface area contributed by atoms with E-state index in [1.165, 1.54) is 0 Å². The monoisotopic (exact) mass is 1380 g/mol. The number of fused-ring (bicyclic) bond motifs is 18. The lowest BCUT2D eigenvalue weighted by molar-refractivity contribution is 1.23. The van der Waals surface area contributed by atoms with Gasteiger partial charge in [0.15, 0.2) is 0 Å². The molecule has 0 atom stereocenters. The molecular weight excluding hydrogens is 1320 g/mol. The third-order valence-corrected chi connectivity index (χ3v) is 20.8. The van der Waals surface area contributed by atoms with Crippen LogP contribution < -0.4 is 0 Å². The summed E-state index contributed by atoms with van der Waals surface area (Å²) in [6, 6.07) is 106. The van der Waals surface area contributed by atoms with E-state index in [0.29, 0.717) is 11.6 Å². The molecule has 12 heteroatoms. The van der Waals surface area contributed by atoms with E-state index in [0.717, 1.165) is 212 Å². The Kier molecular flexibility index (Phi) is 14.6. The topological polar surface area (TPSA) is 172 Å². The molecule has 108 heavy (non-hydrogen) atoms. The van der Waals surface area contributed by atoms with Crippen LogP contribution in [0.5, 0.6) is 0 Å². The lowest BCUT2D eigenvalue weighted by Gasteiger charge is -2.08. The van der Waals surface area contributed by atoms with Gasteiger partial charge in [-0.2, -0.15) is 0 Å². The summed E-state index contributed by atoms with van der Waals surface area (Å²) < 4.78 is 0. The fraction of sp³-hybridized carbons (Fsp3) is 0. The number of H-pyrrole nitrogens is 6. The van der Waals surface area contributed by atoms with Crippen molar-refractivity contribution >= 4 is 114 Å². The Morgan fingerprint density at radius 2 is 0.398 bits per heavy atom. The largest absolute Gasteiger partial charge is 0.354 e. The summed E-state index contributed by atoms with van der Waals surface area (Å²) in [5.74, 6) is 1.30. The maximum Gasteiger partial charge on any atom is 0.140 e. The fourth-order valence-corrected chi connectivity index (χ4v) is 16.0. The molecule has 8 aromatic heterocycles. The Morgan fingerprint density at radius 1 is 0.176 bits per heavy atom. The number of nitrogens with one attached hydrogen (secondary N) is 6. The zero-order valence-electron chi connectivity index (χ0n) is 58.0. The number of benzene rings is 9. The molecular formula is C96H62N12. The molecule has 17 aromatic rings. The van der Waals surface area contributed by atoms with Crippen molar-refractivity contribution in [1.29, 1.82) is 0 Å². The van der Waals surface area contributed by atoms with Crippen LogP contribution in [0.15, 0.2) is 303 Å². The standard InChI is InChI=1S/C96H62N12/c1-9-25-57(26-10-1)85-67-41-43-69(97-67)87(59-29-13-3-14-30-59)73-49-51-77(101-73)91(63-37-21-7-22-38-63)93-65(53-83(103-93)89(61-33-17-5-18-34-61)75-47-45-71(85)99-75)95-105-79-55-81-82(56-80(79)106-95)108-96(107-81)66-54-84-90(62-35-19-6-20-36-62)76-48-46-72(100-76)86(58-27-11-2-12-28-58)68-42-44-70(98-68)88(60-31-15-4-16-32-60)74-50-52-78(102-74)92(94(66)104-84)64-39-23-8-24-40-64/h1-56,99-102H,(H,105,106)(H,107,108). The van der Waals surface area contributed by atoms with Crippen LogP contribution in [-0.4, -0.2) is 59.8 Å². The zero-order chi connectivity index (χ0) is 71.2. The maximum absolute atomic E-state index is 5.86. The maximum atomic E-state index is 5.86. The second kappa shape index (κ2) is 25.5. The minimum atomic E-state index is 0.649. The van der Waals surface area contributed by atoms with Gasteiger partial charge < -0.3 is 29.9 Å². The highest BCUT2D eigenvalue weighted by molar-refractivity contribution is 6.09. The van der Waals surface area contributed by atoms with E-state index < -0.39 is 0 Å². The van der Waals surface area contributed by atoms with Crippen LogP contribution in [0.1, 0.15) is 57.2 Å². The predicted molar refractivity (Wildman–Crippen MR) is 443 cm³/mol. The summed E-state index contributed by atoms with van der Waals surface area (Å²) in [5, 5.41) is 0. The van der Waals surface area contributed by atoms with E-state index in [1.807, 2.05) is 0 Å². The van der Waals surface area contributed by atoms with Crippen molar-refractivity contribution in [2.75, 3.05) is 0 Å². The van der Waals surface area contributed by atoms with Crippen molar-refractivity contribution in [1.82, 2.24) is 59.8 Å². The van der Waals surface area contributed by atoms with Crippen molar-refractivity contribution in [3.05, 3.63) is 361 Å². The Bertz CT molecular complexity index is 6510. The van der Waals surface area contributed by atoms with Gasteiger partial charge in [0, 0.05) is 99.8 Å². The molecule has 21 rings (SSSR count). The molecule has 12 heterocycles. The van der Waals surface area contributed by atoms with Crippen LogP contribution >= 0.6 is 0 Å². The van der Waals surface area contributed by atoms with Gasteiger partial charge in [-0.25, -0.2) is 29.9 Å². The zero-order valence-corrected chi connectivity index (χ0v) is 58.0. The summed E-state index contributed by atoms with van der Waals surface area (Å²) in [5.41, 5.74) is 34.1. The van der Waals surface area contributed by atoms with Crippen molar-refractivity contribution < 1.29 is 0 Å².